The van der Waals surface area contributed by atoms with Gasteiger partial charge in [0.1, 0.15) is 22.1 Å². The second-order valence-electron chi connectivity index (χ2n) is 5.89. The highest BCUT2D eigenvalue weighted by molar-refractivity contribution is 7.00. The number of nitrogens with zero attached hydrogens (tertiary/aromatic N) is 4. The van der Waals surface area contributed by atoms with E-state index in [2.05, 4.69) is 17.5 Å². The molecule has 0 spiro atoms. The predicted molar refractivity (Wildman–Crippen MR) is 91.5 cm³/mol. The van der Waals surface area contributed by atoms with E-state index in [4.69, 9.17) is 0 Å². The van der Waals surface area contributed by atoms with Crippen LogP contribution in [0.1, 0.15) is 22.3 Å². The molecule has 0 amide bonds. The third kappa shape index (κ3) is 2.39. The topological polar surface area (TPSA) is 51.6 Å². The van der Waals surface area contributed by atoms with E-state index < -0.39 is 23.3 Å². The molecule has 4 rings (SSSR count). The van der Waals surface area contributed by atoms with E-state index in [0.29, 0.717) is 0 Å². The van der Waals surface area contributed by atoms with E-state index in [9.17, 15) is 17.6 Å². The number of fused-ring (bicyclic) bond motifs is 2. The summed E-state index contributed by atoms with van der Waals surface area (Å²) in [6.07, 6.45) is -0.145. The van der Waals surface area contributed by atoms with Crippen molar-refractivity contribution in [2.45, 2.75) is 26.7 Å². The average molecular weight is 398 g/mol. The Labute approximate surface area is 153 Å². The largest absolute Gasteiger partial charge is 0.203 e. The Bertz CT molecular complexity index is 1080. The van der Waals surface area contributed by atoms with Crippen LogP contribution in [0.5, 0.6) is 0 Å². The van der Waals surface area contributed by atoms with Gasteiger partial charge >= 0.3 is 0 Å². The fourth-order valence-corrected chi connectivity index (χ4v) is 4.23. The molecule has 4 aromatic rings. The van der Waals surface area contributed by atoms with Gasteiger partial charge in [-0.15, -0.1) is 0 Å². The molecule has 0 aliphatic heterocycles. The van der Waals surface area contributed by atoms with Crippen molar-refractivity contribution in [2.75, 3.05) is 0 Å². The maximum Gasteiger partial charge on any atom is 0.164 e. The van der Waals surface area contributed by atoms with Crippen molar-refractivity contribution < 1.29 is 17.6 Å². The number of benzene rings is 2. The normalized spacial score (nSPS) is 11.8. The van der Waals surface area contributed by atoms with Gasteiger partial charge in [-0.3, -0.25) is 0 Å². The molecule has 0 saturated carbocycles. The Kier molecular flexibility index (Phi) is 4.11. The molecule has 2 aromatic carbocycles. The number of hydrogen-bond donors (Lipinski definition) is 0. The summed E-state index contributed by atoms with van der Waals surface area (Å²) in [7, 11) is 0. The first-order chi connectivity index (χ1) is 12.4. The Balaban J connectivity index is 1.82. The van der Waals surface area contributed by atoms with Crippen LogP contribution in [-0.4, -0.2) is 17.5 Å². The molecule has 134 valence electrons. The van der Waals surface area contributed by atoms with Crippen LogP contribution in [0.15, 0.2) is 0 Å². The molecule has 0 radical (unpaired) electrons. The zero-order chi connectivity index (χ0) is 18.6. The summed E-state index contributed by atoms with van der Waals surface area (Å²) in [5.74, 6) is -4.08. The van der Waals surface area contributed by atoms with Crippen LogP contribution in [0.3, 0.4) is 0 Å². The third-order valence-corrected chi connectivity index (χ3v) is 5.51. The summed E-state index contributed by atoms with van der Waals surface area (Å²) in [4.78, 5) is 0. The minimum absolute atomic E-state index is 0.00595. The van der Waals surface area contributed by atoms with Gasteiger partial charge in [0, 0.05) is 22.3 Å². The fraction of sp³-hybridized carbons (Fsp3) is 0.250. The van der Waals surface area contributed by atoms with Crippen molar-refractivity contribution in [3.8, 4) is 0 Å². The van der Waals surface area contributed by atoms with Crippen molar-refractivity contribution in [3.05, 3.63) is 45.5 Å². The maximum atomic E-state index is 14.4. The maximum absolute atomic E-state index is 14.4. The number of rotatable bonds is 3. The van der Waals surface area contributed by atoms with E-state index in [1.807, 2.05) is 0 Å². The van der Waals surface area contributed by atoms with Crippen LogP contribution in [0.4, 0.5) is 17.6 Å². The second-order valence-corrected chi connectivity index (χ2v) is 6.94. The van der Waals surface area contributed by atoms with Crippen molar-refractivity contribution in [1.82, 2.24) is 17.5 Å². The van der Waals surface area contributed by atoms with Crippen LogP contribution in [-0.2, 0) is 12.8 Å². The summed E-state index contributed by atoms with van der Waals surface area (Å²) in [6.45, 7) is 2.84. The van der Waals surface area contributed by atoms with Crippen molar-refractivity contribution in [3.63, 3.8) is 0 Å². The molecule has 2 aromatic heterocycles. The molecule has 26 heavy (non-hydrogen) atoms. The van der Waals surface area contributed by atoms with Gasteiger partial charge in [0.2, 0.25) is 0 Å². The van der Waals surface area contributed by atoms with Crippen LogP contribution >= 0.6 is 23.5 Å². The number of halogens is 4. The molecular formula is C16H10F4N4S2. The first-order valence-corrected chi connectivity index (χ1v) is 9.05. The van der Waals surface area contributed by atoms with E-state index in [-0.39, 0.29) is 57.2 Å². The van der Waals surface area contributed by atoms with Crippen molar-refractivity contribution >= 4 is 45.5 Å². The molecular weight excluding hydrogens is 388 g/mol. The molecule has 0 fully saturated rings. The van der Waals surface area contributed by atoms with Crippen LogP contribution in [0.2, 0.25) is 0 Å². The molecule has 2 heterocycles. The minimum atomic E-state index is -1.04. The zero-order valence-electron chi connectivity index (χ0n) is 13.5. The Morgan fingerprint density at radius 3 is 1.31 bits per heavy atom. The number of aryl methyl sites for hydroxylation is 4. The highest BCUT2D eigenvalue weighted by Crippen LogP contribution is 2.31. The third-order valence-electron chi connectivity index (χ3n) is 4.46. The molecule has 0 aliphatic rings. The van der Waals surface area contributed by atoms with E-state index in [1.54, 1.807) is 0 Å². The lowest BCUT2D eigenvalue weighted by Crippen LogP contribution is -2.05. The van der Waals surface area contributed by atoms with Crippen LogP contribution < -0.4 is 0 Å². The SMILES string of the molecule is Cc1c(F)c(F)c(CCc2c(F)c(F)c(C)c3nsnc23)c2nsnc12. The Morgan fingerprint density at radius 1 is 0.577 bits per heavy atom. The number of aromatic nitrogens is 4. The molecule has 0 unspecified atom stereocenters. The standard InChI is InChI=1S/C16H10F4N4S2/c1-5-9(17)11(19)7(15-13(5)21-25-23-15)3-4-8-12(20)10(18)6(2)14-16(8)24-26-22-14/h3-4H2,1-2H3. The van der Waals surface area contributed by atoms with Crippen LogP contribution in [0.25, 0.3) is 22.1 Å². The van der Waals surface area contributed by atoms with Gasteiger partial charge in [-0.05, 0) is 26.7 Å². The van der Waals surface area contributed by atoms with E-state index >= 15 is 0 Å². The number of hydrogen-bond acceptors (Lipinski definition) is 6. The Hall–Kier alpha value is -2.20. The van der Waals surface area contributed by atoms with Gasteiger partial charge < -0.3 is 0 Å². The van der Waals surface area contributed by atoms with Crippen molar-refractivity contribution in [1.29, 1.82) is 0 Å². The molecule has 4 nitrogen and oxygen atoms in total. The quantitative estimate of drug-likeness (QED) is 0.471. The van der Waals surface area contributed by atoms with E-state index in [1.165, 1.54) is 13.8 Å². The van der Waals surface area contributed by atoms with Gasteiger partial charge in [0.15, 0.2) is 23.3 Å². The highest BCUT2D eigenvalue weighted by Gasteiger charge is 2.24. The molecule has 0 bridgehead atoms. The fourth-order valence-electron chi connectivity index (χ4n) is 2.98. The lowest BCUT2D eigenvalue weighted by atomic mass is 9.98. The summed E-state index contributed by atoms with van der Waals surface area (Å²) in [6, 6.07) is 0. The first kappa shape index (κ1) is 17.2. The highest BCUT2D eigenvalue weighted by atomic mass is 32.1. The first-order valence-electron chi connectivity index (χ1n) is 7.59. The predicted octanol–water partition coefficient (Wildman–Crippen LogP) is 4.65. The summed E-state index contributed by atoms with van der Waals surface area (Å²) in [5, 5.41) is 0. The van der Waals surface area contributed by atoms with Crippen molar-refractivity contribution in [2.24, 2.45) is 0 Å². The zero-order valence-corrected chi connectivity index (χ0v) is 15.2. The average Bonchev–Trinajstić information content (AvgIpc) is 3.30. The smallest absolute Gasteiger partial charge is 0.164 e. The molecule has 10 heteroatoms. The molecule has 0 N–H and O–H groups in total. The van der Waals surface area contributed by atoms with Gasteiger partial charge in [0.05, 0.1) is 23.5 Å². The molecule has 0 saturated heterocycles. The minimum Gasteiger partial charge on any atom is -0.203 e. The van der Waals surface area contributed by atoms with Gasteiger partial charge in [-0.1, -0.05) is 0 Å². The van der Waals surface area contributed by atoms with Gasteiger partial charge in [-0.25, -0.2) is 17.6 Å². The molecule has 0 aliphatic carbocycles. The summed E-state index contributed by atoms with van der Waals surface area (Å²) >= 11 is 1.69. The lowest BCUT2D eigenvalue weighted by Gasteiger charge is -2.10. The van der Waals surface area contributed by atoms with Gasteiger partial charge in [-0.2, -0.15) is 17.5 Å². The summed E-state index contributed by atoms with van der Waals surface area (Å²) in [5.41, 5.74) is 1.18. The molecule has 0 atom stereocenters. The monoisotopic (exact) mass is 398 g/mol. The Morgan fingerprint density at radius 2 is 0.923 bits per heavy atom. The van der Waals surface area contributed by atoms with Gasteiger partial charge in [0.25, 0.3) is 0 Å². The van der Waals surface area contributed by atoms with E-state index in [0.717, 1.165) is 23.5 Å². The lowest BCUT2D eigenvalue weighted by molar-refractivity contribution is 0.489. The van der Waals surface area contributed by atoms with Crippen LogP contribution in [0, 0.1) is 37.1 Å². The second kappa shape index (κ2) is 6.20. The summed E-state index contributed by atoms with van der Waals surface area (Å²) < 4.78 is 73.2.